The maximum absolute atomic E-state index is 9.31. The first-order chi connectivity index (χ1) is 8.35. The zero-order valence-electron chi connectivity index (χ0n) is 10.8. The Bertz CT molecular complexity index is 315. The molecule has 3 rings (SSSR count). The summed E-state index contributed by atoms with van der Waals surface area (Å²) in [6.45, 7) is 3.51. The van der Waals surface area contributed by atoms with Crippen LogP contribution >= 0.6 is 0 Å². The molecule has 1 N–H and O–H groups in total. The summed E-state index contributed by atoms with van der Waals surface area (Å²) < 4.78 is 0. The van der Waals surface area contributed by atoms with Crippen molar-refractivity contribution in [1.29, 1.82) is 0 Å². The number of likely N-dealkylation sites (tertiary alicyclic amines) is 1. The third-order valence-corrected chi connectivity index (χ3v) is 5.26. The van der Waals surface area contributed by atoms with Gasteiger partial charge in [0.05, 0.1) is 11.8 Å². The molecule has 0 aromatic carbocycles. The van der Waals surface area contributed by atoms with E-state index in [-0.39, 0.29) is 0 Å². The molecule has 0 aromatic heterocycles. The van der Waals surface area contributed by atoms with Crippen molar-refractivity contribution in [3.05, 3.63) is 0 Å². The first-order valence-corrected chi connectivity index (χ1v) is 7.32. The monoisotopic (exact) mass is 236 g/mol. The highest BCUT2D eigenvalue weighted by Gasteiger charge is 2.49. The fraction of sp³-hybridized carbons (Fsp3) is 0.929. The summed E-state index contributed by atoms with van der Waals surface area (Å²) in [5.74, 6) is 1.37. The summed E-state index contributed by atoms with van der Waals surface area (Å²) >= 11 is 0. The molecule has 1 saturated heterocycles. The Labute approximate surface area is 104 Å². The predicted octanol–water partition coefficient (Wildman–Crippen LogP) is 2.88. The minimum absolute atomic E-state index is 0.476. The van der Waals surface area contributed by atoms with E-state index in [1.807, 2.05) is 0 Å². The minimum Gasteiger partial charge on any atom is -0.411 e. The second-order valence-electron chi connectivity index (χ2n) is 6.04. The first-order valence-electron chi connectivity index (χ1n) is 7.32. The van der Waals surface area contributed by atoms with Crippen LogP contribution in [0.15, 0.2) is 5.16 Å². The maximum atomic E-state index is 9.31. The highest BCUT2D eigenvalue weighted by atomic mass is 16.4. The fourth-order valence-electron chi connectivity index (χ4n) is 4.46. The molecule has 3 nitrogen and oxygen atoms in total. The zero-order chi connectivity index (χ0) is 11.8. The highest BCUT2D eigenvalue weighted by Crippen LogP contribution is 2.46. The number of hydrogen-bond acceptors (Lipinski definition) is 3. The van der Waals surface area contributed by atoms with Gasteiger partial charge in [-0.3, -0.25) is 4.90 Å². The van der Waals surface area contributed by atoms with Gasteiger partial charge in [-0.05, 0) is 51.0 Å². The molecule has 0 spiro atoms. The van der Waals surface area contributed by atoms with Crippen molar-refractivity contribution < 1.29 is 5.21 Å². The Balaban J connectivity index is 1.82. The van der Waals surface area contributed by atoms with Crippen molar-refractivity contribution in [2.45, 2.75) is 64.0 Å². The van der Waals surface area contributed by atoms with Crippen LogP contribution in [-0.4, -0.2) is 34.4 Å². The molecular weight excluding hydrogens is 212 g/mol. The lowest BCUT2D eigenvalue weighted by atomic mass is 9.88. The first kappa shape index (κ1) is 11.5. The van der Waals surface area contributed by atoms with E-state index in [1.54, 1.807) is 0 Å². The van der Waals surface area contributed by atoms with E-state index in [0.717, 1.165) is 17.7 Å². The van der Waals surface area contributed by atoms with Crippen molar-refractivity contribution >= 4 is 5.71 Å². The number of nitrogens with zero attached hydrogens (tertiary/aromatic N) is 2. The SMILES string of the molecule is CC[C@H]1CCCCN1[C@H]1/C(=N\O)[C@H]2CC[C@H]1C2. The smallest absolute Gasteiger partial charge is 0.0775 e. The van der Waals surface area contributed by atoms with E-state index in [2.05, 4.69) is 17.0 Å². The lowest BCUT2D eigenvalue weighted by Gasteiger charge is -2.42. The predicted molar refractivity (Wildman–Crippen MR) is 68.5 cm³/mol. The van der Waals surface area contributed by atoms with Crippen LogP contribution in [0.5, 0.6) is 0 Å². The van der Waals surface area contributed by atoms with Gasteiger partial charge in [-0.2, -0.15) is 0 Å². The van der Waals surface area contributed by atoms with Crippen LogP contribution in [0.25, 0.3) is 0 Å². The largest absolute Gasteiger partial charge is 0.411 e. The summed E-state index contributed by atoms with van der Waals surface area (Å²) in [5, 5.41) is 13.0. The van der Waals surface area contributed by atoms with Crippen LogP contribution in [-0.2, 0) is 0 Å². The van der Waals surface area contributed by atoms with Crippen LogP contribution in [0.1, 0.15) is 51.9 Å². The molecule has 3 aliphatic rings. The van der Waals surface area contributed by atoms with Crippen LogP contribution < -0.4 is 0 Å². The molecule has 0 radical (unpaired) electrons. The molecule has 4 atom stereocenters. The Morgan fingerprint density at radius 3 is 2.94 bits per heavy atom. The Morgan fingerprint density at radius 2 is 2.18 bits per heavy atom. The number of rotatable bonds is 2. The molecule has 96 valence electrons. The van der Waals surface area contributed by atoms with Gasteiger partial charge in [0.1, 0.15) is 0 Å². The third kappa shape index (κ3) is 1.79. The van der Waals surface area contributed by atoms with Gasteiger partial charge in [0.15, 0.2) is 0 Å². The molecule has 3 fully saturated rings. The molecule has 1 heterocycles. The average Bonchev–Trinajstić information content (AvgIpc) is 2.98. The summed E-state index contributed by atoms with van der Waals surface area (Å²) in [6, 6.07) is 1.20. The summed E-state index contributed by atoms with van der Waals surface area (Å²) in [5.41, 5.74) is 1.11. The van der Waals surface area contributed by atoms with Gasteiger partial charge in [-0.25, -0.2) is 0 Å². The molecule has 0 unspecified atom stereocenters. The molecule has 17 heavy (non-hydrogen) atoms. The van der Waals surface area contributed by atoms with Crippen LogP contribution in [0.2, 0.25) is 0 Å². The van der Waals surface area contributed by atoms with Gasteiger partial charge in [0, 0.05) is 12.0 Å². The lowest BCUT2D eigenvalue weighted by molar-refractivity contribution is 0.0954. The van der Waals surface area contributed by atoms with Crippen molar-refractivity contribution in [3.8, 4) is 0 Å². The number of oxime groups is 1. The van der Waals surface area contributed by atoms with Crippen molar-refractivity contribution in [3.63, 3.8) is 0 Å². The number of fused-ring (bicyclic) bond motifs is 2. The van der Waals surface area contributed by atoms with Gasteiger partial charge in [-0.1, -0.05) is 18.5 Å². The quantitative estimate of drug-likeness (QED) is 0.591. The van der Waals surface area contributed by atoms with Gasteiger partial charge >= 0.3 is 0 Å². The molecule has 0 aromatic rings. The molecule has 2 saturated carbocycles. The van der Waals surface area contributed by atoms with Gasteiger partial charge in [0.25, 0.3) is 0 Å². The highest BCUT2D eigenvalue weighted by molar-refractivity contribution is 5.94. The Morgan fingerprint density at radius 1 is 1.29 bits per heavy atom. The van der Waals surface area contributed by atoms with Crippen molar-refractivity contribution in [2.24, 2.45) is 17.0 Å². The standard InChI is InChI=1S/C14H24N2O/c1-2-12-5-3-4-8-16(12)14-11-7-6-10(9-11)13(14)15-17/h10-12,14,17H,2-9H2,1H3/b15-13-/t10-,11-,12-,14+/m0/s1. The summed E-state index contributed by atoms with van der Waals surface area (Å²) in [4.78, 5) is 2.67. The molecule has 2 aliphatic carbocycles. The molecule has 1 aliphatic heterocycles. The average molecular weight is 236 g/mol. The Hall–Kier alpha value is -0.570. The Kier molecular flexibility index (Phi) is 3.12. The van der Waals surface area contributed by atoms with Crippen molar-refractivity contribution in [2.75, 3.05) is 6.54 Å². The van der Waals surface area contributed by atoms with E-state index in [9.17, 15) is 5.21 Å². The fourth-order valence-corrected chi connectivity index (χ4v) is 4.46. The normalized spacial score (nSPS) is 44.6. The van der Waals surface area contributed by atoms with Crippen molar-refractivity contribution in [1.82, 2.24) is 4.90 Å². The van der Waals surface area contributed by atoms with Gasteiger partial charge < -0.3 is 5.21 Å². The van der Waals surface area contributed by atoms with Crippen LogP contribution in [0, 0.1) is 11.8 Å². The van der Waals surface area contributed by atoms with Gasteiger partial charge in [-0.15, -0.1) is 0 Å². The lowest BCUT2D eigenvalue weighted by Crippen LogP contribution is -2.52. The second-order valence-corrected chi connectivity index (χ2v) is 6.04. The van der Waals surface area contributed by atoms with Crippen LogP contribution in [0.3, 0.4) is 0 Å². The molecular formula is C14H24N2O. The molecule has 3 heteroatoms. The zero-order valence-corrected chi connectivity index (χ0v) is 10.8. The van der Waals surface area contributed by atoms with E-state index >= 15 is 0 Å². The van der Waals surface area contributed by atoms with E-state index in [1.165, 1.54) is 51.5 Å². The molecule has 0 amide bonds. The minimum atomic E-state index is 0.476. The van der Waals surface area contributed by atoms with E-state index < -0.39 is 0 Å². The number of piperidine rings is 1. The third-order valence-electron chi connectivity index (χ3n) is 5.26. The summed E-state index contributed by atoms with van der Waals surface area (Å²) in [7, 11) is 0. The summed E-state index contributed by atoms with van der Waals surface area (Å²) in [6.07, 6.45) is 9.16. The second kappa shape index (κ2) is 4.60. The van der Waals surface area contributed by atoms with Crippen LogP contribution in [0.4, 0.5) is 0 Å². The van der Waals surface area contributed by atoms with Gasteiger partial charge in [0.2, 0.25) is 0 Å². The molecule has 2 bridgehead atoms. The number of hydrogen-bond donors (Lipinski definition) is 1. The topological polar surface area (TPSA) is 35.8 Å². The maximum Gasteiger partial charge on any atom is 0.0775 e. The van der Waals surface area contributed by atoms with E-state index in [0.29, 0.717) is 12.0 Å². The van der Waals surface area contributed by atoms with E-state index in [4.69, 9.17) is 0 Å².